The third-order valence-corrected chi connectivity index (χ3v) is 8.33. The minimum absolute atomic E-state index is 0.330. The Labute approximate surface area is 91.6 Å². The fraction of sp³-hybridized carbons (Fsp3) is 0.667. The molecule has 0 rings (SSSR count). The average Bonchev–Trinajstić information content (AvgIpc) is 2.19. The molecule has 0 aromatic heterocycles. The molecule has 77 valence electrons. The van der Waals surface area contributed by atoms with Gasteiger partial charge in [-0.2, -0.15) is 16.4 Å². The van der Waals surface area contributed by atoms with Crippen molar-refractivity contribution >= 4 is 28.9 Å². The first-order valence-electron chi connectivity index (χ1n) is 3.75. The first-order valence-corrected chi connectivity index (χ1v) is 8.56. The van der Waals surface area contributed by atoms with E-state index in [1.165, 1.54) is 0 Å². The predicted octanol–water partition coefficient (Wildman–Crippen LogP) is 1.56. The van der Waals surface area contributed by atoms with Crippen molar-refractivity contribution in [3.05, 3.63) is 0 Å². The Morgan fingerprint density at radius 1 is 1.21 bits per heavy atom. The van der Waals surface area contributed by atoms with Gasteiger partial charge < -0.3 is 0 Å². The maximum Gasteiger partial charge on any atom is 0.504 e. The monoisotopic (exact) mass is 252 g/mol. The summed E-state index contributed by atoms with van der Waals surface area (Å²) < 4.78 is 4.64. The van der Waals surface area contributed by atoms with Crippen LogP contribution in [0.3, 0.4) is 0 Å². The van der Waals surface area contributed by atoms with E-state index in [4.69, 9.17) is 10.5 Å². The van der Waals surface area contributed by atoms with Crippen LogP contribution < -0.4 is 5.90 Å². The minimum atomic E-state index is -2.84. The molecule has 0 aliphatic rings. The molecule has 0 aliphatic carbocycles. The largest absolute Gasteiger partial charge is 0.504 e. The quantitative estimate of drug-likeness (QED) is 0.420. The van der Waals surface area contributed by atoms with Crippen molar-refractivity contribution in [3.63, 3.8) is 0 Å². The van der Waals surface area contributed by atoms with Gasteiger partial charge in [0.15, 0.2) is 0 Å². The van der Waals surface area contributed by atoms with Crippen LogP contribution in [0, 0.1) is 22.7 Å². The van der Waals surface area contributed by atoms with E-state index < -0.39 is 6.12 Å². The lowest BCUT2D eigenvalue weighted by Crippen LogP contribution is -2.47. The second-order valence-corrected chi connectivity index (χ2v) is 9.67. The van der Waals surface area contributed by atoms with Crippen molar-refractivity contribution in [3.8, 4) is 12.1 Å². The van der Waals surface area contributed by atoms with E-state index in [9.17, 15) is 4.89 Å². The Morgan fingerprint density at radius 2 is 1.64 bits per heavy atom. The molecule has 5 nitrogen and oxygen atoms in total. The molecular weight excluding hydrogens is 241 g/mol. The first-order chi connectivity index (χ1) is 6.68. The van der Waals surface area contributed by atoms with Crippen molar-refractivity contribution in [2.24, 2.45) is 0 Å². The third-order valence-electron chi connectivity index (χ3n) is 1.08. The fourth-order valence-corrected chi connectivity index (χ4v) is 6.13. The van der Waals surface area contributed by atoms with Gasteiger partial charge in [-0.1, -0.05) is 0 Å². The third kappa shape index (κ3) is 6.44. The van der Waals surface area contributed by atoms with E-state index in [0.29, 0.717) is 24.3 Å². The highest BCUT2D eigenvalue weighted by atomic mass is 33.1. The van der Waals surface area contributed by atoms with Gasteiger partial charge in [0.1, 0.15) is 22.8 Å². The summed E-state index contributed by atoms with van der Waals surface area (Å²) in [6.07, 6.45) is -2.18. The number of nitrogens with zero attached hydrogens (tertiary/aromatic N) is 2. The van der Waals surface area contributed by atoms with Crippen LogP contribution >= 0.6 is 28.9 Å². The van der Waals surface area contributed by atoms with Gasteiger partial charge in [-0.3, -0.25) is 0 Å². The number of nitriles is 2. The zero-order valence-electron chi connectivity index (χ0n) is 7.51. The summed E-state index contributed by atoms with van der Waals surface area (Å²) in [7, 11) is 0. The predicted molar refractivity (Wildman–Crippen MR) is 57.0 cm³/mol. The molecule has 0 heterocycles. The Balaban J connectivity index is 3.81. The molecule has 3 N–H and O–H groups in total. The fourth-order valence-electron chi connectivity index (χ4n) is 0.518. The minimum Gasteiger partial charge on any atom is -0.198 e. The molecule has 0 aromatic carbocycles. The van der Waals surface area contributed by atoms with E-state index in [1.54, 1.807) is 0 Å². The summed E-state index contributed by atoms with van der Waals surface area (Å²) in [5.74, 6) is 4.07. The maximum absolute atomic E-state index is 11.8. The highest BCUT2D eigenvalue weighted by Crippen LogP contribution is 2.76. The van der Waals surface area contributed by atoms with Crippen molar-refractivity contribution in [1.29, 1.82) is 10.5 Å². The molecule has 0 saturated carbocycles. The van der Waals surface area contributed by atoms with E-state index in [2.05, 4.69) is 10.5 Å². The summed E-state index contributed by atoms with van der Waals surface area (Å²) in [6, 6.07) is 3.90. The molecule has 0 bridgehead atoms. The van der Waals surface area contributed by atoms with Crippen LogP contribution in [-0.4, -0.2) is 11.5 Å². The Bertz CT molecular complexity index is 220. The normalized spacial score (nSPS) is 10.6. The molecule has 0 aromatic rings. The van der Waals surface area contributed by atoms with Crippen LogP contribution in [0.2, 0.25) is 0 Å². The lowest BCUT2D eigenvalue weighted by molar-refractivity contribution is -0.637. The maximum atomic E-state index is 11.8. The van der Waals surface area contributed by atoms with Crippen LogP contribution in [0.15, 0.2) is 0 Å². The zero-order chi connectivity index (χ0) is 10.9. The molecule has 0 atom stereocenters. The first kappa shape index (κ1) is 14.0. The molecule has 0 aliphatic heterocycles. The molecule has 1 radical (unpaired) electrons. The van der Waals surface area contributed by atoms with E-state index in [-0.39, 0.29) is 0 Å². The van der Waals surface area contributed by atoms with Crippen molar-refractivity contribution < 1.29 is 15.4 Å². The van der Waals surface area contributed by atoms with Gasteiger partial charge in [0.2, 0.25) is 0 Å². The Hall–Kier alpha value is -0.0100. The number of rotatable bonds is 7. The van der Waals surface area contributed by atoms with Crippen LogP contribution in [-0.2, 0) is 9.52 Å². The second kappa shape index (κ2) is 8.31. The van der Waals surface area contributed by atoms with Crippen molar-refractivity contribution in [2.45, 2.75) is 12.8 Å². The van der Waals surface area contributed by atoms with Gasteiger partial charge in [-0.05, 0) is 4.62 Å². The molecule has 0 amide bonds. The standard InChI is InChI=1S/C6H11N3O2PS2/c7-3-1-5-13-12(10,11-9)14-6-2-4-8/h1-2,5-6H2,9H3/q+2. The smallest absolute Gasteiger partial charge is 0.198 e. The van der Waals surface area contributed by atoms with Gasteiger partial charge in [0.25, 0.3) is 0 Å². The summed E-state index contributed by atoms with van der Waals surface area (Å²) in [5, 5.41) is 16.6. The second-order valence-electron chi connectivity index (χ2n) is 2.06. The van der Waals surface area contributed by atoms with Gasteiger partial charge in [-0.25, -0.2) is 0 Å². The highest BCUT2D eigenvalue weighted by molar-refractivity contribution is 8.91. The molecule has 0 unspecified atom stereocenters. The highest BCUT2D eigenvalue weighted by Gasteiger charge is 2.48. The van der Waals surface area contributed by atoms with Gasteiger partial charge in [-0.15, -0.1) is 0 Å². The molecular formula is C6H11N3O2PS2+2. The summed E-state index contributed by atoms with van der Waals surface area (Å²) >= 11 is 2.20. The Kier molecular flexibility index (Phi) is 8.30. The average molecular weight is 252 g/mol. The lowest BCUT2D eigenvalue weighted by atomic mass is 10.6. The number of quaternary nitrogens is 1. The van der Waals surface area contributed by atoms with Crippen LogP contribution in [0.25, 0.3) is 0 Å². The van der Waals surface area contributed by atoms with E-state index in [0.717, 1.165) is 22.8 Å². The zero-order valence-corrected chi connectivity index (χ0v) is 10.0. The van der Waals surface area contributed by atoms with Crippen LogP contribution in [0.1, 0.15) is 12.8 Å². The van der Waals surface area contributed by atoms with E-state index in [1.807, 2.05) is 12.1 Å². The molecule has 0 spiro atoms. The van der Waals surface area contributed by atoms with Crippen molar-refractivity contribution in [1.82, 2.24) is 0 Å². The number of hydrogen-bond acceptors (Lipinski definition) is 5. The van der Waals surface area contributed by atoms with Crippen LogP contribution in [0.5, 0.6) is 0 Å². The topological polar surface area (TPSA) is 104 Å². The molecule has 0 saturated heterocycles. The molecule has 14 heavy (non-hydrogen) atoms. The van der Waals surface area contributed by atoms with Crippen LogP contribution in [0.4, 0.5) is 0 Å². The van der Waals surface area contributed by atoms with Gasteiger partial charge >= 0.3 is 6.12 Å². The van der Waals surface area contributed by atoms with Crippen molar-refractivity contribution in [2.75, 3.05) is 11.5 Å². The SMILES string of the molecule is N#CCCS[P+]([O])(O[NH3+])SCCC#N. The summed E-state index contributed by atoms with van der Waals surface area (Å²) in [4.78, 5) is 11.8. The summed E-state index contributed by atoms with van der Waals surface area (Å²) in [6.45, 7) is 0. The Morgan fingerprint density at radius 3 is 1.93 bits per heavy atom. The molecule has 0 fully saturated rings. The lowest BCUT2D eigenvalue weighted by Gasteiger charge is -2.03. The van der Waals surface area contributed by atoms with E-state index >= 15 is 0 Å². The molecule has 8 heteroatoms. The number of hydrogen-bond donors (Lipinski definition) is 1. The van der Waals surface area contributed by atoms with Gasteiger partial charge in [0, 0.05) is 17.7 Å². The van der Waals surface area contributed by atoms with Gasteiger partial charge in [0.05, 0.1) is 23.6 Å². The summed E-state index contributed by atoms with van der Waals surface area (Å²) in [5.41, 5.74) is 0.